The molecule has 0 aliphatic carbocycles. The second-order valence-electron chi connectivity index (χ2n) is 5.48. The van der Waals surface area contributed by atoms with Crippen LogP contribution in [0.4, 0.5) is 10.1 Å². The van der Waals surface area contributed by atoms with Crippen molar-refractivity contribution in [2.24, 2.45) is 0 Å². The summed E-state index contributed by atoms with van der Waals surface area (Å²) in [5.74, 6) is -2.08. The zero-order valence-electron chi connectivity index (χ0n) is 13.2. The molecule has 0 saturated heterocycles. The molecule has 0 radical (unpaired) electrons. The summed E-state index contributed by atoms with van der Waals surface area (Å²) in [6.07, 6.45) is 3.89. The summed E-state index contributed by atoms with van der Waals surface area (Å²) in [7, 11) is 0. The molecule has 6 N–H and O–H groups in total. The van der Waals surface area contributed by atoms with Gasteiger partial charge in [-0.25, -0.2) is 4.39 Å². The second-order valence-corrected chi connectivity index (χ2v) is 5.48. The lowest BCUT2D eigenvalue weighted by molar-refractivity contribution is -0.682. The molecule has 0 aliphatic rings. The molecule has 7 heteroatoms. The van der Waals surface area contributed by atoms with Gasteiger partial charge in [-0.3, -0.25) is 4.79 Å². The van der Waals surface area contributed by atoms with Crippen molar-refractivity contribution in [2.75, 3.05) is 18.4 Å². The summed E-state index contributed by atoms with van der Waals surface area (Å²) in [6.45, 7) is 1.55. The Hall–Kier alpha value is -1.99. The van der Waals surface area contributed by atoms with E-state index in [1.807, 2.05) is 0 Å². The van der Waals surface area contributed by atoms with E-state index in [-0.39, 0.29) is 6.42 Å². The molecular weight excluding hydrogens is 301 g/mol. The number of carbonyl (C=O) groups is 2. The van der Waals surface area contributed by atoms with Crippen LogP contribution in [-0.4, -0.2) is 31.0 Å². The van der Waals surface area contributed by atoms with Crippen LogP contribution in [0.2, 0.25) is 0 Å². The van der Waals surface area contributed by atoms with Gasteiger partial charge in [-0.05, 0) is 49.9 Å². The Morgan fingerprint density at radius 2 is 1.83 bits per heavy atom. The lowest BCUT2D eigenvalue weighted by Crippen LogP contribution is -2.93. The van der Waals surface area contributed by atoms with Gasteiger partial charge >= 0.3 is 0 Å². The zero-order chi connectivity index (χ0) is 17.1. The first-order chi connectivity index (χ1) is 11.0. The van der Waals surface area contributed by atoms with Crippen LogP contribution in [0.3, 0.4) is 0 Å². The van der Waals surface area contributed by atoms with Gasteiger partial charge in [0.05, 0.1) is 25.5 Å². The molecular formula is C16H25FN3O3+. The van der Waals surface area contributed by atoms with Gasteiger partial charge in [-0.15, -0.1) is 0 Å². The van der Waals surface area contributed by atoms with Crippen LogP contribution in [0.1, 0.15) is 32.1 Å². The first kappa shape index (κ1) is 19.1. The van der Waals surface area contributed by atoms with Gasteiger partial charge in [0.25, 0.3) is 0 Å². The highest BCUT2D eigenvalue weighted by Crippen LogP contribution is 2.08. The molecule has 1 atom stereocenters. The van der Waals surface area contributed by atoms with Crippen molar-refractivity contribution >= 4 is 17.6 Å². The molecule has 0 fully saturated rings. The molecule has 0 bridgehead atoms. The Balaban J connectivity index is 2.35. The predicted octanol–water partition coefficient (Wildman–Crippen LogP) is -1.36. The van der Waals surface area contributed by atoms with Crippen molar-refractivity contribution in [1.82, 2.24) is 0 Å². The van der Waals surface area contributed by atoms with Crippen LogP contribution in [0, 0.1) is 5.82 Å². The van der Waals surface area contributed by atoms with Crippen LogP contribution >= 0.6 is 0 Å². The minimum Gasteiger partial charge on any atom is -0.544 e. The van der Waals surface area contributed by atoms with Crippen LogP contribution in [0.25, 0.3) is 0 Å². The summed E-state index contributed by atoms with van der Waals surface area (Å²) in [6, 6.07) is 4.39. The van der Waals surface area contributed by atoms with Crippen LogP contribution in [0.15, 0.2) is 24.3 Å². The van der Waals surface area contributed by atoms with Crippen LogP contribution in [-0.2, 0) is 9.59 Å². The van der Waals surface area contributed by atoms with Crippen molar-refractivity contribution in [3.8, 4) is 0 Å². The Morgan fingerprint density at radius 1 is 1.17 bits per heavy atom. The molecule has 0 spiro atoms. The molecule has 0 unspecified atom stereocenters. The molecule has 6 nitrogen and oxygen atoms in total. The Kier molecular flexibility index (Phi) is 8.86. The Labute approximate surface area is 135 Å². The second kappa shape index (κ2) is 10.7. The number of unbranched alkanes of at least 4 members (excludes halogenated alkanes) is 3. The van der Waals surface area contributed by atoms with E-state index in [2.05, 4.69) is 11.1 Å². The number of rotatable bonds is 11. The summed E-state index contributed by atoms with van der Waals surface area (Å²) in [5, 5.41) is 15.3. The third-order valence-electron chi connectivity index (χ3n) is 3.49. The number of anilines is 1. The van der Waals surface area contributed by atoms with Crippen LogP contribution in [0.5, 0.6) is 0 Å². The number of benzene rings is 1. The highest BCUT2D eigenvalue weighted by molar-refractivity contribution is 5.93. The topological polar surface area (TPSA) is 113 Å². The SMILES string of the molecule is [NH3+]CCCCCC[NH2+][C@@H](CC(=O)Nc1ccc(F)cc1)C(=O)[O-]. The highest BCUT2D eigenvalue weighted by atomic mass is 19.1. The fraction of sp³-hybridized carbons (Fsp3) is 0.500. The van der Waals surface area contributed by atoms with Gasteiger partial charge in [0.15, 0.2) is 0 Å². The number of quaternary nitrogens is 2. The summed E-state index contributed by atoms with van der Waals surface area (Å²) in [4.78, 5) is 23.0. The van der Waals surface area contributed by atoms with E-state index in [0.717, 1.165) is 32.2 Å². The average molecular weight is 326 g/mol. The van der Waals surface area contributed by atoms with Gasteiger partial charge in [-0.1, -0.05) is 0 Å². The van der Waals surface area contributed by atoms with Crippen LogP contribution < -0.4 is 21.5 Å². The van der Waals surface area contributed by atoms with Crippen molar-refractivity contribution < 1.29 is 30.1 Å². The molecule has 128 valence electrons. The standard InChI is InChI=1S/C16H24FN3O3/c17-12-5-7-13(8-6-12)20-15(21)11-14(16(22)23)19-10-4-2-1-3-9-18/h5-8,14,19H,1-4,9-11,18H2,(H,20,21)(H,22,23)/p+1/t14-/m0/s1. The Morgan fingerprint density at radius 3 is 2.43 bits per heavy atom. The van der Waals surface area contributed by atoms with Crippen molar-refractivity contribution in [3.63, 3.8) is 0 Å². The van der Waals surface area contributed by atoms with Gasteiger partial charge < -0.3 is 26.3 Å². The number of carboxylic acids is 1. The number of hydrogen-bond donors (Lipinski definition) is 3. The summed E-state index contributed by atoms with van der Waals surface area (Å²) in [5.41, 5.74) is 4.20. The molecule has 1 aromatic carbocycles. The number of aliphatic carboxylic acids is 1. The van der Waals surface area contributed by atoms with Gasteiger partial charge in [0.2, 0.25) is 5.91 Å². The van der Waals surface area contributed by atoms with E-state index in [9.17, 15) is 19.1 Å². The van der Waals surface area contributed by atoms with E-state index < -0.39 is 23.7 Å². The maximum Gasteiger partial charge on any atom is 0.230 e. The van der Waals surface area contributed by atoms with Gasteiger partial charge in [0.1, 0.15) is 11.9 Å². The van der Waals surface area contributed by atoms with Gasteiger partial charge in [0, 0.05) is 5.69 Å². The molecule has 1 rings (SSSR count). The van der Waals surface area contributed by atoms with Gasteiger partial charge in [-0.2, -0.15) is 0 Å². The predicted molar refractivity (Wildman–Crippen MR) is 81.5 cm³/mol. The summed E-state index contributed by atoms with van der Waals surface area (Å²) < 4.78 is 12.8. The van der Waals surface area contributed by atoms with E-state index in [4.69, 9.17) is 0 Å². The molecule has 0 saturated carbocycles. The quantitative estimate of drug-likeness (QED) is 0.436. The number of carbonyl (C=O) groups excluding carboxylic acids is 2. The fourth-order valence-corrected chi connectivity index (χ4v) is 2.20. The molecule has 1 aromatic rings. The zero-order valence-corrected chi connectivity index (χ0v) is 13.2. The lowest BCUT2D eigenvalue weighted by atomic mass is 10.1. The van der Waals surface area contributed by atoms with E-state index >= 15 is 0 Å². The third kappa shape index (κ3) is 8.27. The van der Waals surface area contributed by atoms with E-state index in [0.29, 0.717) is 12.2 Å². The monoisotopic (exact) mass is 326 g/mol. The largest absolute Gasteiger partial charge is 0.544 e. The normalized spacial score (nSPS) is 11.9. The van der Waals surface area contributed by atoms with Crippen molar-refractivity contribution in [2.45, 2.75) is 38.1 Å². The van der Waals surface area contributed by atoms with E-state index in [1.165, 1.54) is 24.3 Å². The minimum absolute atomic E-state index is 0.182. The first-order valence-corrected chi connectivity index (χ1v) is 7.91. The van der Waals surface area contributed by atoms with Crippen molar-refractivity contribution in [1.29, 1.82) is 0 Å². The number of nitrogens with one attached hydrogen (secondary N) is 1. The maximum absolute atomic E-state index is 12.8. The smallest absolute Gasteiger partial charge is 0.230 e. The minimum atomic E-state index is -1.25. The average Bonchev–Trinajstić information content (AvgIpc) is 2.51. The lowest BCUT2D eigenvalue weighted by Gasteiger charge is -2.16. The fourth-order valence-electron chi connectivity index (χ4n) is 2.20. The molecule has 0 aromatic heterocycles. The first-order valence-electron chi connectivity index (χ1n) is 7.91. The number of halogens is 1. The number of nitrogens with two attached hydrogens (primary N) is 1. The number of amides is 1. The maximum atomic E-state index is 12.8. The summed E-state index contributed by atoms with van der Waals surface area (Å²) >= 11 is 0. The number of hydrogen-bond acceptors (Lipinski definition) is 3. The third-order valence-corrected chi connectivity index (χ3v) is 3.49. The molecule has 23 heavy (non-hydrogen) atoms. The highest BCUT2D eigenvalue weighted by Gasteiger charge is 2.18. The molecule has 0 heterocycles. The Bertz CT molecular complexity index is 494. The van der Waals surface area contributed by atoms with E-state index in [1.54, 1.807) is 5.32 Å². The molecule has 0 aliphatic heterocycles. The number of carboxylic acid groups (broad SMARTS) is 1. The van der Waals surface area contributed by atoms with Crippen molar-refractivity contribution in [3.05, 3.63) is 30.1 Å². The molecule has 1 amide bonds.